The predicted octanol–water partition coefficient (Wildman–Crippen LogP) is 3.77. The van der Waals surface area contributed by atoms with Gasteiger partial charge in [-0.3, -0.25) is 4.79 Å². The predicted molar refractivity (Wildman–Crippen MR) is 92.0 cm³/mol. The molecule has 1 aromatic carbocycles. The Labute approximate surface area is 131 Å². The normalized spacial score (nSPS) is 12.2. The monoisotopic (exact) mass is 310 g/mol. The van der Waals surface area contributed by atoms with E-state index in [1.54, 1.807) is 25.3 Å². The molecule has 0 radical (unpaired) electrons. The number of nitrogens with two attached hydrogens (primary N) is 1. The molecule has 0 aliphatic heterocycles. The maximum Gasteiger partial charge on any atom is 0.224 e. The zero-order valence-corrected chi connectivity index (χ0v) is 14.1. The molecular formula is C16H26N2O2S. The summed E-state index contributed by atoms with van der Waals surface area (Å²) in [4.78, 5) is 12.0. The first-order valence-electron chi connectivity index (χ1n) is 7.29. The van der Waals surface area contributed by atoms with E-state index in [1.165, 1.54) is 0 Å². The summed E-state index contributed by atoms with van der Waals surface area (Å²) < 4.78 is 5.21. The van der Waals surface area contributed by atoms with E-state index >= 15 is 0 Å². The zero-order valence-electron chi connectivity index (χ0n) is 13.3. The van der Waals surface area contributed by atoms with Crippen LogP contribution in [-0.4, -0.2) is 24.0 Å². The number of hydrogen-bond donors (Lipinski definition) is 2. The van der Waals surface area contributed by atoms with Crippen molar-refractivity contribution in [2.75, 3.05) is 23.9 Å². The highest BCUT2D eigenvalue weighted by atomic mass is 32.2. The van der Waals surface area contributed by atoms with Crippen LogP contribution in [0.25, 0.3) is 0 Å². The lowest BCUT2D eigenvalue weighted by Gasteiger charge is -2.14. The van der Waals surface area contributed by atoms with Gasteiger partial charge in [0.2, 0.25) is 5.91 Å². The van der Waals surface area contributed by atoms with Gasteiger partial charge >= 0.3 is 0 Å². The molecule has 0 aliphatic rings. The molecule has 1 aromatic rings. The Kier molecular flexibility index (Phi) is 7.43. The Hall–Kier alpha value is -1.36. The topological polar surface area (TPSA) is 64.3 Å². The third-order valence-corrected chi connectivity index (χ3v) is 4.96. The number of nitrogen functional groups attached to an aromatic ring is 1. The first kappa shape index (κ1) is 17.7. The number of anilines is 2. The minimum atomic E-state index is -0.00306. The van der Waals surface area contributed by atoms with Gasteiger partial charge in [0.25, 0.3) is 0 Å². The second kappa shape index (κ2) is 8.82. The molecule has 3 N–H and O–H groups in total. The minimum absolute atomic E-state index is 0.00306. The number of carbonyl (C=O) groups is 1. The van der Waals surface area contributed by atoms with Crippen molar-refractivity contribution >= 4 is 29.0 Å². The smallest absolute Gasteiger partial charge is 0.224 e. The molecule has 21 heavy (non-hydrogen) atoms. The number of nitrogens with one attached hydrogen (secondary N) is 1. The lowest BCUT2D eigenvalue weighted by molar-refractivity contribution is -0.116. The number of ether oxygens (including phenoxy) is 1. The van der Waals surface area contributed by atoms with Gasteiger partial charge in [-0.2, -0.15) is 11.8 Å². The van der Waals surface area contributed by atoms with Gasteiger partial charge in [-0.25, -0.2) is 0 Å². The summed E-state index contributed by atoms with van der Waals surface area (Å²) in [6.07, 6.45) is 1.38. The molecular weight excluding hydrogens is 284 g/mol. The number of amides is 1. The van der Waals surface area contributed by atoms with Crippen LogP contribution >= 0.6 is 11.8 Å². The summed E-state index contributed by atoms with van der Waals surface area (Å²) in [6.45, 7) is 6.67. The van der Waals surface area contributed by atoms with Gasteiger partial charge in [-0.1, -0.05) is 20.8 Å². The van der Waals surface area contributed by atoms with Crippen molar-refractivity contribution in [1.29, 1.82) is 0 Å². The molecule has 0 aromatic heterocycles. The highest BCUT2D eigenvalue weighted by molar-refractivity contribution is 7.99. The van der Waals surface area contributed by atoms with Crippen LogP contribution < -0.4 is 15.8 Å². The summed E-state index contributed by atoms with van der Waals surface area (Å²) in [5.74, 6) is 2.29. The molecule has 1 rings (SSSR count). The van der Waals surface area contributed by atoms with Crippen molar-refractivity contribution < 1.29 is 9.53 Å². The number of rotatable bonds is 8. The van der Waals surface area contributed by atoms with Crippen molar-refractivity contribution in [2.24, 2.45) is 5.92 Å². The number of methoxy groups -OCH3 is 1. The summed E-state index contributed by atoms with van der Waals surface area (Å²) in [6, 6.07) is 5.22. The van der Waals surface area contributed by atoms with Crippen LogP contribution in [0.4, 0.5) is 11.4 Å². The largest absolute Gasteiger partial charge is 0.495 e. The molecule has 1 atom stereocenters. The van der Waals surface area contributed by atoms with Gasteiger partial charge in [-0.05, 0) is 36.3 Å². The third kappa shape index (κ3) is 6.29. The molecule has 0 bridgehead atoms. The molecule has 0 fully saturated rings. The second-order valence-electron chi connectivity index (χ2n) is 5.43. The SMILES string of the molecule is COc1ccc(N)cc1NC(=O)CCCSC(C)C(C)C. The van der Waals surface area contributed by atoms with Gasteiger partial charge in [0.15, 0.2) is 0 Å². The lowest BCUT2D eigenvalue weighted by atomic mass is 10.2. The van der Waals surface area contributed by atoms with Gasteiger partial charge in [0, 0.05) is 17.4 Å². The minimum Gasteiger partial charge on any atom is -0.495 e. The lowest BCUT2D eigenvalue weighted by Crippen LogP contribution is -2.13. The van der Waals surface area contributed by atoms with E-state index in [2.05, 4.69) is 26.1 Å². The Morgan fingerprint density at radius 1 is 1.38 bits per heavy atom. The fourth-order valence-electron chi connectivity index (χ4n) is 1.73. The Bertz CT molecular complexity index is 464. The number of hydrogen-bond acceptors (Lipinski definition) is 4. The summed E-state index contributed by atoms with van der Waals surface area (Å²) in [5, 5.41) is 3.49. The first-order chi connectivity index (χ1) is 9.93. The van der Waals surface area contributed by atoms with E-state index in [0.717, 1.165) is 12.2 Å². The quantitative estimate of drug-likeness (QED) is 0.566. The van der Waals surface area contributed by atoms with Crippen LogP contribution in [0, 0.1) is 5.92 Å². The van der Waals surface area contributed by atoms with Crippen molar-refractivity contribution in [3.63, 3.8) is 0 Å². The highest BCUT2D eigenvalue weighted by Gasteiger charge is 2.10. The molecule has 5 heteroatoms. The van der Waals surface area contributed by atoms with Crippen LogP contribution in [0.3, 0.4) is 0 Å². The third-order valence-electron chi connectivity index (χ3n) is 3.37. The zero-order chi connectivity index (χ0) is 15.8. The van der Waals surface area contributed by atoms with Gasteiger partial charge in [-0.15, -0.1) is 0 Å². The second-order valence-corrected chi connectivity index (χ2v) is 6.92. The van der Waals surface area contributed by atoms with Gasteiger partial charge in [0.1, 0.15) is 5.75 Å². The average Bonchev–Trinajstić information content (AvgIpc) is 2.43. The molecule has 0 saturated carbocycles. The molecule has 0 heterocycles. The molecule has 1 amide bonds. The maximum absolute atomic E-state index is 12.0. The number of carbonyl (C=O) groups excluding carboxylic acids is 1. The number of thioether (sulfide) groups is 1. The van der Waals surface area contributed by atoms with Crippen LogP contribution in [0.15, 0.2) is 18.2 Å². The van der Waals surface area contributed by atoms with E-state index < -0.39 is 0 Å². The van der Waals surface area contributed by atoms with Crippen LogP contribution in [0.5, 0.6) is 5.75 Å². The van der Waals surface area contributed by atoms with Crippen LogP contribution in [0.1, 0.15) is 33.6 Å². The Morgan fingerprint density at radius 2 is 2.10 bits per heavy atom. The molecule has 1 unspecified atom stereocenters. The van der Waals surface area contributed by atoms with E-state index in [-0.39, 0.29) is 5.91 Å². The highest BCUT2D eigenvalue weighted by Crippen LogP contribution is 2.27. The molecule has 118 valence electrons. The number of benzene rings is 1. The molecule has 0 aliphatic carbocycles. The van der Waals surface area contributed by atoms with Crippen LogP contribution in [0.2, 0.25) is 0 Å². The summed E-state index contributed by atoms with van der Waals surface area (Å²) >= 11 is 1.92. The van der Waals surface area contributed by atoms with E-state index in [1.807, 2.05) is 11.8 Å². The van der Waals surface area contributed by atoms with Crippen molar-refractivity contribution in [1.82, 2.24) is 0 Å². The summed E-state index contributed by atoms with van der Waals surface area (Å²) in [7, 11) is 1.57. The average molecular weight is 310 g/mol. The van der Waals surface area contributed by atoms with E-state index in [0.29, 0.717) is 34.7 Å². The van der Waals surface area contributed by atoms with Crippen LogP contribution in [-0.2, 0) is 4.79 Å². The van der Waals surface area contributed by atoms with Crippen molar-refractivity contribution in [3.05, 3.63) is 18.2 Å². The standard InChI is InChI=1S/C16H26N2O2S/c1-11(2)12(3)21-9-5-6-16(19)18-14-10-13(17)7-8-15(14)20-4/h7-8,10-12H,5-6,9,17H2,1-4H3,(H,18,19). The van der Waals surface area contributed by atoms with E-state index in [4.69, 9.17) is 10.5 Å². The van der Waals surface area contributed by atoms with Gasteiger partial charge < -0.3 is 15.8 Å². The van der Waals surface area contributed by atoms with E-state index in [9.17, 15) is 4.79 Å². The fourth-order valence-corrected chi connectivity index (χ4v) is 2.80. The fraction of sp³-hybridized carbons (Fsp3) is 0.562. The molecule has 0 saturated heterocycles. The molecule has 0 spiro atoms. The van der Waals surface area contributed by atoms with Gasteiger partial charge in [0.05, 0.1) is 12.8 Å². The van der Waals surface area contributed by atoms with Crippen molar-refractivity contribution in [3.8, 4) is 5.75 Å². The summed E-state index contributed by atoms with van der Waals surface area (Å²) in [5.41, 5.74) is 6.97. The first-order valence-corrected chi connectivity index (χ1v) is 8.34. The Morgan fingerprint density at radius 3 is 2.71 bits per heavy atom. The Balaban J connectivity index is 2.39. The van der Waals surface area contributed by atoms with Crippen molar-refractivity contribution in [2.45, 2.75) is 38.9 Å². The molecule has 4 nitrogen and oxygen atoms in total. The maximum atomic E-state index is 12.0.